The highest BCUT2D eigenvalue weighted by molar-refractivity contribution is 14.1. The van der Waals surface area contributed by atoms with Crippen LogP contribution in [-0.4, -0.2) is 5.11 Å². The number of anilines is 2. The Morgan fingerprint density at radius 1 is 0.909 bits per heavy atom. The molecule has 0 atom stereocenters. The summed E-state index contributed by atoms with van der Waals surface area (Å²) in [6, 6.07) is 16.5. The number of rotatable bonds is 1. The first-order chi connectivity index (χ1) is 10.6. The van der Waals surface area contributed by atoms with E-state index in [1.54, 1.807) is 0 Å². The third kappa shape index (κ3) is 2.30. The summed E-state index contributed by atoms with van der Waals surface area (Å²) in [5.74, 6) is 0.331. The zero-order valence-electron chi connectivity index (χ0n) is 11.4. The van der Waals surface area contributed by atoms with Gasteiger partial charge < -0.3 is 15.7 Å². The quantitative estimate of drug-likeness (QED) is 0.387. The van der Waals surface area contributed by atoms with E-state index in [9.17, 15) is 5.11 Å². The fourth-order valence-corrected chi connectivity index (χ4v) is 4.78. The average molecular weight is 514 g/mol. The molecule has 110 valence electrons. The first-order valence-corrected chi connectivity index (χ1v) is 9.02. The zero-order valence-corrected chi connectivity index (χ0v) is 15.7. The molecule has 1 aliphatic heterocycles. The summed E-state index contributed by atoms with van der Waals surface area (Å²) in [7, 11) is 0. The number of halogens is 2. The van der Waals surface area contributed by atoms with Crippen LogP contribution in [0.1, 0.15) is 11.7 Å². The predicted octanol–water partition coefficient (Wildman–Crippen LogP) is 5.29. The maximum absolute atomic E-state index is 10.4. The molecule has 0 radical (unpaired) electrons. The molecule has 5 heteroatoms. The number of hydrogen-bond acceptors (Lipinski definition) is 3. The monoisotopic (exact) mass is 514 g/mol. The van der Waals surface area contributed by atoms with Crippen LogP contribution in [0.3, 0.4) is 0 Å². The van der Waals surface area contributed by atoms with Crippen LogP contribution < -0.4 is 10.6 Å². The van der Waals surface area contributed by atoms with E-state index in [1.807, 2.05) is 12.1 Å². The molecule has 3 aromatic carbocycles. The standard InChI is InChI=1S/C17H12I2N2O/c18-10-7-11(16(22)12(19)8-10)17-20-13-5-1-3-9-4-2-6-14(21-17)15(9)13/h1-8,17,20-22H. The van der Waals surface area contributed by atoms with E-state index in [0.29, 0.717) is 5.75 Å². The van der Waals surface area contributed by atoms with Gasteiger partial charge in [-0.15, -0.1) is 0 Å². The van der Waals surface area contributed by atoms with Crippen molar-refractivity contribution in [1.82, 2.24) is 0 Å². The fraction of sp³-hybridized carbons (Fsp3) is 0.0588. The van der Waals surface area contributed by atoms with E-state index in [4.69, 9.17) is 0 Å². The Morgan fingerprint density at radius 2 is 1.55 bits per heavy atom. The SMILES string of the molecule is Oc1c(I)cc(I)cc1C1Nc2cccc3cccc(c23)N1. The van der Waals surface area contributed by atoms with Crippen molar-refractivity contribution in [3.05, 3.63) is 61.2 Å². The minimum atomic E-state index is -0.149. The van der Waals surface area contributed by atoms with E-state index in [-0.39, 0.29) is 6.17 Å². The summed E-state index contributed by atoms with van der Waals surface area (Å²) in [4.78, 5) is 0. The van der Waals surface area contributed by atoms with Gasteiger partial charge in [-0.05, 0) is 74.8 Å². The van der Waals surface area contributed by atoms with Crippen LogP contribution in [0.4, 0.5) is 11.4 Å². The lowest BCUT2D eigenvalue weighted by molar-refractivity contribution is 0.462. The van der Waals surface area contributed by atoms with Crippen molar-refractivity contribution in [2.45, 2.75) is 6.17 Å². The predicted molar refractivity (Wildman–Crippen MR) is 107 cm³/mol. The molecule has 0 saturated carbocycles. The molecule has 3 nitrogen and oxygen atoms in total. The minimum absolute atomic E-state index is 0.149. The Bertz CT molecular complexity index is 854. The molecule has 3 N–H and O–H groups in total. The normalized spacial score (nSPS) is 13.7. The van der Waals surface area contributed by atoms with Gasteiger partial charge in [0, 0.05) is 25.9 Å². The smallest absolute Gasteiger partial charge is 0.136 e. The largest absolute Gasteiger partial charge is 0.506 e. The Hall–Kier alpha value is -1.22. The first kappa shape index (κ1) is 14.4. The fourth-order valence-electron chi connectivity index (χ4n) is 2.89. The van der Waals surface area contributed by atoms with E-state index in [1.165, 1.54) is 10.8 Å². The van der Waals surface area contributed by atoms with Crippen molar-refractivity contribution >= 4 is 67.3 Å². The molecule has 0 spiro atoms. The summed E-state index contributed by atoms with van der Waals surface area (Å²) < 4.78 is 1.97. The Labute approximate surface area is 155 Å². The van der Waals surface area contributed by atoms with Crippen LogP contribution in [0, 0.1) is 7.14 Å². The summed E-state index contributed by atoms with van der Waals surface area (Å²) in [5, 5.41) is 19.8. The minimum Gasteiger partial charge on any atom is -0.506 e. The van der Waals surface area contributed by atoms with Crippen LogP contribution in [0.2, 0.25) is 0 Å². The van der Waals surface area contributed by atoms with E-state index in [0.717, 1.165) is 24.1 Å². The molecular formula is C17H12I2N2O. The number of nitrogens with one attached hydrogen (secondary N) is 2. The molecular weight excluding hydrogens is 502 g/mol. The zero-order chi connectivity index (χ0) is 15.3. The van der Waals surface area contributed by atoms with Gasteiger partial charge in [0.25, 0.3) is 0 Å². The lowest BCUT2D eigenvalue weighted by Crippen LogP contribution is -2.24. The van der Waals surface area contributed by atoms with Gasteiger partial charge in [0.2, 0.25) is 0 Å². The third-order valence-corrected chi connectivity index (χ3v) is 5.32. The molecule has 0 aromatic heterocycles. The summed E-state index contributed by atoms with van der Waals surface area (Å²) in [6.07, 6.45) is -0.149. The van der Waals surface area contributed by atoms with Gasteiger partial charge in [-0.3, -0.25) is 0 Å². The molecule has 0 saturated heterocycles. The lowest BCUT2D eigenvalue weighted by atomic mass is 10.0. The highest BCUT2D eigenvalue weighted by Gasteiger charge is 2.23. The van der Waals surface area contributed by atoms with Gasteiger partial charge in [-0.1, -0.05) is 24.3 Å². The van der Waals surface area contributed by atoms with Crippen molar-refractivity contribution in [2.24, 2.45) is 0 Å². The molecule has 1 heterocycles. The second kappa shape index (κ2) is 5.45. The maximum Gasteiger partial charge on any atom is 0.136 e. The number of phenolic OH excluding ortho intramolecular Hbond substituents is 1. The summed E-state index contributed by atoms with van der Waals surface area (Å²) in [5.41, 5.74) is 3.04. The van der Waals surface area contributed by atoms with Gasteiger partial charge in [0.05, 0.1) is 3.57 Å². The molecule has 1 aliphatic rings. The number of phenols is 1. The van der Waals surface area contributed by atoms with E-state index >= 15 is 0 Å². The van der Waals surface area contributed by atoms with E-state index < -0.39 is 0 Å². The number of benzene rings is 3. The lowest BCUT2D eigenvalue weighted by Gasteiger charge is -2.30. The highest BCUT2D eigenvalue weighted by atomic mass is 127. The summed E-state index contributed by atoms with van der Waals surface area (Å²) in [6.45, 7) is 0. The second-order valence-electron chi connectivity index (χ2n) is 5.26. The first-order valence-electron chi connectivity index (χ1n) is 6.86. The van der Waals surface area contributed by atoms with Crippen LogP contribution in [-0.2, 0) is 0 Å². The average Bonchev–Trinajstić information content (AvgIpc) is 2.51. The van der Waals surface area contributed by atoms with Crippen LogP contribution in [0.15, 0.2) is 48.5 Å². The second-order valence-corrected chi connectivity index (χ2v) is 7.66. The van der Waals surface area contributed by atoms with Crippen molar-refractivity contribution in [3.63, 3.8) is 0 Å². The Morgan fingerprint density at radius 3 is 2.18 bits per heavy atom. The van der Waals surface area contributed by atoms with Gasteiger partial charge in [0.15, 0.2) is 0 Å². The molecule has 4 rings (SSSR count). The Kier molecular flexibility index (Phi) is 3.56. The van der Waals surface area contributed by atoms with E-state index in [2.05, 4.69) is 92.2 Å². The molecule has 0 aliphatic carbocycles. The molecule has 0 bridgehead atoms. The topological polar surface area (TPSA) is 44.3 Å². The van der Waals surface area contributed by atoms with Crippen molar-refractivity contribution in [2.75, 3.05) is 10.6 Å². The third-order valence-electron chi connectivity index (χ3n) is 3.87. The van der Waals surface area contributed by atoms with Crippen molar-refractivity contribution in [3.8, 4) is 5.75 Å². The van der Waals surface area contributed by atoms with Gasteiger partial charge in [-0.25, -0.2) is 0 Å². The molecule has 0 amide bonds. The van der Waals surface area contributed by atoms with Gasteiger partial charge >= 0.3 is 0 Å². The number of hydrogen-bond donors (Lipinski definition) is 3. The number of aromatic hydroxyl groups is 1. The maximum atomic E-state index is 10.4. The van der Waals surface area contributed by atoms with Crippen molar-refractivity contribution < 1.29 is 5.11 Å². The Balaban J connectivity index is 1.86. The van der Waals surface area contributed by atoms with Crippen molar-refractivity contribution in [1.29, 1.82) is 0 Å². The molecule has 0 fully saturated rings. The van der Waals surface area contributed by atoms with Crippen LogP contribution >= 0.6 is 45.2 Å². The highest BCUT2D eigenvalue weighted by Crippen LogP contribution is 2.41. The molecule has 0 unspecified atom stereocenters. The van der Waals surface area contributed by atoms with Gasteiger partial charge in [-0.2, -0.15) is 0 Å². The van der Waals surface area contributed by atoms with Crippen LogP contribution in [0.5, 0.6) is 5.75 Å². The summed E-state index contributed by atoms with van der Waals surface area (Å²) >= 11 is 4.44. The molecule has 3 aromatic rings. The van der Waals surface area contributed by atoms with Crippen LogP contribution in [0.25, 0.3) is 10.8 Å². The molecule has 22 heavy (non-hydrogen) atoms. The van der Waals surface area contributed by atoms with Gasteiger partial charge in [0.1, 0.15) is 11.9 Å².